The van der Waals surface area contributed by atoms with Crippen molar-refractivity contribution < 1.29 is 14.7 Å². The average Bonchev–Trinajstić information content (AvgIpc) is 2.47. The number of aliphatic hydroxyl groups is 1. The molecule has 0 spiro atoms. The number of halogens is 1. The molecular formula is C15H13ClO3. The van der Waals surface area contributed by atoms with Crippen LogP contribution in [0, 0.1) is 5.92 Å². The minimum atomic E-state index is -1.42. The number of carbonyl (C=O) groups is 2. The molecule has 98 valence electrons. The Morgan fingerprint density at radius 1 is 1.32 bits per heavy atom. The maximum Gasteiger partial charge on any atom is 0.175 e. The first-order chi connectivity index (χ1) is 9.08. The lowest BCUT2D eigenvalue weighted by Gasteiger charge is -2.28. The molecular weight excluding hydrogens is 264 g/mol. The zero-order valence-electron chi connectivity index (χ0n) is 10.1. The number of aliphatic hydroxyl groups excluding tert-OH is 1. The summed E-state index contributed by atoms with van der Waals surface area (Å²) in [4.78, 5) is 22.0. The Morgan fingerprint density at radius 3 is 2.63 bits per heavy atom. The molecule has 0 aliphatic heterocycles. The van der Waals surface area contributed by atoms with Crippen LogP contribution in [0.2, 0.25) is 0 Å². The number of hydrogen-bond donors (Lipinski definition) is 1. The summed E-state index contributed by atoms with van der Waals surface area (Å²) in [5, 5.41) is 10.1. The van der Waals surface area contributed by atoms with Gasteiger partial charge in [0.25, 0.3) is 0 Å². The number of Topliss-reactive ketones (excluding diaryl/α,β-unsaturated/α-hetero) is 1. The van der Waals surface area contributed by atoms with Gasteiger partial charge in [-0.25, -0.2) is 0 Å². The number of alkyl halides is 1. The molecule has 0 radical (unpaired) electrons. The Kier molecular flexibility index (Phi) is 3.98. The highest BCUT2D eigenvalue weighted by atomic mass is 35.5. The van der Waals surface area contributed by atoms with E-state index in [1.165, 1.54) is 12.2 Å². The van der Waals surface area contributed by atoms with Crippen LogP contribution in [-0.4, -0.2) is 22.1 Å². The van der Waals surface area contributed by atoms with Gasteiger partial charge < -0.3 is 9.90 Å². The monoisotopic (exact) mass is 276 g/mol. The van der Waals surface area contributed by atoms with Crippen molar-refractivity contribution in [1.82, 2.24) is 0 Å². The van der Waals surface area contributed by atoms with E-state index in [-0.39, 0.29) is 0 Å². The fraction of sp³-hybridized carbons (Fsp3) is 0.200. The number of ketones is 1. The van der Waals surface area contributed by atoms with Crippen LogP contribution < -0.4 is 0 Å². The fourth-order valence-corrected chi connectivity index (χ4v) is 2.28. The SMILES string of the molecule is O=CC1(Cl)C=CC=CC1C(=O)C(O)c1ccccc1. The van der Waals surface area contributed by atoms with E-state index in [4.69, 9.17) is 11.6 Å². The highest BCUT2D eigenvalue weighted by Crippen LogP contribution is 2.33. The Bertz CT molecular complexity index is 536. The quantitative estimate of drug-likeness (QED) is 0.678. The van der Waals surface area contributed by atoms with Gasteiger partial charge in [-0.2, -0.15) is 0 Å². The van der Waals surface area contributed by atoms with E-state index in [0.29, 0.717) is 11.8 Å². The summed E-state index contributed by atoms with van der Waals surface area (Å²) in [6.45, 7) is 0. The van der Waals surface area contributed by atoms with E-state index in [0.717, 1.165) is 0 Å². The van der Waals surface area contributed by atoms with Crippen LogP contribution in [0.5, 0.6) is 0 Å². The molecule has 4 heteroatoms. The first-order valence-corrected chi connectivity index (χ1v) is 6.24. The second kappa shape index (κ2) is 5.51. The van der Waals surface area contributed by atoms with Crippen LogP contribution in [-0.2, 0) is 9.59 Å². The van der Waals surface area contributed by atoms with Crippen molar-refractivity contribution in [3.05, 3.63) is 60.2 Å². The summed E-state index contributed by atoms with van der Waals surface area (Å²) in [5.74, 6) is -1.36. The van der Waals surface area contributed by atoms with E-state index in [1.807, 2.05) is 0 Å². The maximum absolute atomic E-state index is 12.3. The molecule has 0 aromatic heterocycles. The third-order valence-electron chi connectivity index (χ3n) is 3.11. The Balaban J connectivity index is 2.27. The van der Waals surface area contributed by atoms with Gasteiger partial charge >= 0.3 is 0 Å². The van der Waals surface area contributed by atoms with Crippen LogP contribution in [0.3, 0.4) is 0 Å². The molecule has 0 fully saturated rings. The molecule has 3 unspecified atom stereocenters. The smallest absolute Gasteiger partial charge is 0.175 e. The van der Waals surface area contributed by atoms with Crippen LogP contribution in [0.15, 0.2) is 54.6 Å². The van der Waals surface area contributed by atoms with Gasteiger partial charge in [0.05, 0.1) is 5.92 Å². The van der Waals surface area contributed by atoms with Gasteiger partial charge in [-0.3, -0.25) is 4.79 Å². The summed E-state index contributed by atoms with van der Waals surface area (Å²) >= 11 is 6.11. The van der Waals surface area contributed by atoms with Crippen molar-refractivity contribution >= 4 is 23.7 Å². The first-order valence-electron chi connectivity index (χ1n) is 5.86. The third-order valence-corrected chi connectivity index (χ3v) is 3.57. The largest absolute Gasteiger partial charge is 0.381 e. The number of benzene rings is 1. The topological polar surface area (TPSA) is 54.4 Å². The van der Waals surface area contributed by atoms with Crippen molar-refractivity contribution in [3.8, 4) is 0 Å². The molecule has 1 aliphatic rings. The number of allylic oxidation sites excluding steroid dienone is 4. The molecule has 2 rings (SSSR count). The Labute approximate surface area is 116 Å². The summed E-state index contributed by atoms with van der Waals surface area (Å²) < 4.78 is 0. The van der Waals surface area contributed by atoms with E-state index in [1.54, 1.807) is 42.5 Å². The normalized spacial score (nSPS) is 26.9. The second-order valence-electron chi connectivity index (χ2n) is 4.38. The molecule has 0 amide bonds. The molecule has 1 aliphatic carbocycles. The predicted octanol–water partition coefficient (Wildman–Crippen LogP) is 2.21. The Morgan fingerprint density at radius 2 is 2.00 bits per heavy atom. The lowest BCUT2D eigenvalue weighted by atomic mass is 9.82. The number of hydrogen-bond acceptors (Lipinski definition) is 3. The summed E-state index contributed by atoms with van der Waals surface area (Å²) in [5.41, 5.74) is 0.486. The van der Waals surface area contributed by atoms with Crippen molar-refractivity contribution in [1.29, 1.82) is 0 Å². The predicted molar refractivity (Wildman–Crippen MR) is 72.8 cm³/mol. The molecule has 0 bridgehead atoms. The van der Waals surface area contributed by atoms with Crippen molar-refractivity contribution in [2.24, 2.45) is 5.92 Å². The summed E-state index contributed by atoms with van der Waals surface area (Å²) in [6.07, 6.45) is 5.48. The van der Waals surface area contributed by atoms with Crippen LogP contribution in [0.1, 0.15) is 11.7 Å². The molecule has 1 aromatic rings. The summed E-state index contributed by atoms with van der Waals surface area (Å²) in [6, 6.07) is 8.57. The Hall–Kier alpha value is -1.71. The minimum Gasteiger partial charge on any atom is -0.381 e. The second-order valence-corrected chi connectivity index (χ2v) is 5.04. The zero-order chi connectivity index (χ0) is 13.9. The van der Waals surface area contributed by atoms with Crippen molar-refractivity contribution in [2.75, 3.05) is 0 Å². The number of aldehydes is 1. The molecule has 0 saturated heterocycles. The fourth-order valence-electron chi connectivity index (χ4n) is 2.02. The molecule has 19 heavy (non-hydrogen) atoms. The zero-order valence-corrected chi connectivity index (χ0v) is 10.8. The van der Waals surface area contributed by atoms with Gasteiger partial charge in [-0.1, -0.05) is 54.6 Å². The highest BCUT2D eigenvalue weighted by molar-refractivity contribution is 6.35. The molecule has 0 heterocycles. The van der Waals surface area contributed by atoms with Crippen molar-refractivity contribution in [3.63, 3.8) is 0 Å². The summed E-state index contributed by atoms with van der Waals surface area (Å²) in [7, 11) is 0. The minimum absolute atomic E-state index is 0.486. The molecule has 3 nitrogen and oxygen atoms in total. The standard InChI is InChI=1S/C15H13ClO3/c16-15(10-17)9-5-4-8-12(15)14(19)13(18)11-6-2-1-3-7-11/h1-10,12-13,18H. The number of rotatable bonds is 4. The maximum atomic E-state index is 12.3. The third kappa shape index (κ3) is 2.67. The highest BCUT2D eigenvalue weighted by Gasteiger charge is 2.41. The van der Waals surface area contributed by atoms with E-state index in [9.17, 15) is 14.7 Å². The first kappa shape index (κ1) is 13.7. The van der Waals surface area contributed by atoms with Gasteiger partial charge in [0.15, 0.2) is 5.78 Å². The lowest BCUT2D eigenvalue weighted by Crippen LogP contribution is -2.39. The van der Waals surface area contributed by atoms with E-state index in [2.05, 4.69) is 0 Å². The van der Waals surface area contributed by atoms with Crippen LogP contribution in [0.25, 0.3) is 0 Å². The lowest BCUT2D eigenvalue weighted by molar-refractivity contribution is -0.132. The van der Waals surface area contributed by atoms with Gasteiger partial charge in [0.1, 0.15) is 17.3 Å². The van der Waals surface area contributed by atoms with Gasteiger partial charge in [0.2, 0.25) is 0 Å². The molecule has 1 N–H and O–H groups in total. The molecule has 0 saturated carbocycles. The average molecular weight is 277 g/mol. The van der Waals surface area contributed by atoms with Gasteiger partial charge in [-0.15, -0.1) is 11.6 Å². The van der Waals surface area contributed by atoms with Gasteiger partial charge in [-0.05, 0) is 5.56 Å². The van der Waals surface area contributed by atoms with Gasteiger partial charge in [0, 0.05) is 0 Å². The van der Waals surface area contributed by atoms with Crippen LogP contribution >= 0.6 is 11.6 Å². The molecule has 3 atom stereocenters. The van der Waals surface area contributed by atoms with Crippen LogP contribution in [0.4, 0.5) is 0 Å². The number of carbonyl (C=O) groups excluding carboxylic acids is 2. The van der Waals surface area contributed by atoms with E-state index >= 15 is 0 Å². The van der Waals surface area contributed by atoms with Crippen molar-refractivity contribution in [2.45, 2.75) is 11.0 Å². The molecule has 1 aromatic carbocycles. The van der Waals surface area contributed by atoms with E-state index < -0.39 is 22.7 Å².